The van der Waals surface area contributed by atoms with Crippen molar-refractivity contribution in [2.75, 3.05) is 11.9 Å². The van der Waals surface area contributed by atoms with E-state index in [2.05, 4.69) is 25.2 Å². The highest BCUT2D eigenvalue weighted by atomic mass is 32.1. The van der Waals surface area contributed by atoms with Gasteiger partial charge in [0, 0.05) is 17.3 Å². The van der Waals surface area contributed by atoms with Gasteiger partial charge in [0.1, 0.15) is 16.5 Å². The zero-order valence-corrected chi connectivity index (χ0v) is 13.2. The van der Waals surface area contributed by atoms with Crippen LogP contribution in [0.2, 0.25) is 0 Å². The van der Waals surface area contributed by atoms with Gasteiger partial charge in [0.2, 0.25) is 0 Å². The fourth-order valence-electron chi connectivity index (χ4n) is 2.98. The summed E-state index contributed by atoms with van der Waals surface area (Å²) in [5.74, 6) is 2.68. The van der Waals surface area contributed by atoms with Crippen LogP contribution in [-0.2, 0) is 0 Å². The van der Waals surface area contributed by atoms with Crippen LogP contribution in [0, 0.1) is 6.92 Å². The van der Waals surface area contributed by atoms with Crippen molar-refractivity contribution in [2.45, 2.75) is 58.3 Å². The summed E-state index contributed by atoms with van der Waals surface area (Å²) in [5.41, 5.74) is 0. The lowest BCUT2D eigenvalue weighted by molar-refractivity contribution is 0.430. The number of rotatable bonds is 4. The third-order valence-corrected chi connectivity index (χ3v) is 4.99. The Balaban J connectivity index is 1.99. The molecule has 2 aromatic heterocycles. The van der Waals surface area contributed by atoms with Gasteiger partial charge in [-0.3, -0.25) is 0 Å². The molecule has 0 aromatic carbocycles. The summed E-state index contributed by atoms with van der Waals surface area (Å²) in [4.78, 5) is 12.2. The van der Waals surface area contributed by atoms with Gasteiger partial charge in [0.05, 0.1) is 5.39 Å². The first-order chi connectivity index (χ1) is 9.78. The summed E-state index contributed by atoms with van der Waals surface area (Å²) in [7, 11) is 0. The van der Waals surface area contributed by atoms with Crippen molar-refractivity contribution in [1.29, 1.82) is 0 Å². The molecule has 0 unspecified atom stereocenters. The van der Waals surface area contributed by atoms with Crippen LogP contribution in [-0.4, -0.2) is 16.5 Å². The zero-order chi connectivity index (χ0) is 13.9. The maximum atomic E-state index is 4.86. The Morgan fingerprint density at radius 2 is 2.05 bits per heavy atom. The molecular weight excluding hydrogens is 266 g/mol. The minimum absolute atomic E-state index is 0.567. The number of nitrogens with one attached hydrogen (secondary N) is 1. The number of hydrogen-bond acceptors (Lipinski definition) is 4. The summed E-state index contributed by atoms with van der Waals surface area (Å²) in [6, 6.07) is 2.21. The van der Waals surface area contributed by atoms with E-state index in [1.807, 2.05) is 0 Å². The van der Waals surface area contributed by atoms with Crippen molar-refractivity contribution in [3.63, 3.8) is 0 Å². The number of aryl methyl sites for hydroxylation is 1. The normalized spacial score (nSPS) is 16.7. The van der Waals surface area contributed by atoms with Crippen LogP contribution in [0.4, 0.5) is 5.82 Å². The molecule has 0 aliphatic heterocycles. The van der Waals surface area contributed by atoms with E-state index in [-0.39, 0.29) is 0 Å². The number of aromatic nitrogens is 2. The molecule has 108 valence electrons. The van der Waals surface area contributed by atoms with Crippen molar-refractivity contribution >= 4 is 27.4 Å². The van der Waals surface area contributed by atoms with Crippen molar-refractivity contribution in [2.24, 2.45) is 0 Å². The average molecular weight is 289 g/mol. The Morgan fingerprint density at radius 3 is 2.80 bits per heavy atom. The van der Waals surface area contributed by atoms with Crippen LogP contribution in [0.5, 0.6) is 0 Å². The molecule has 2 aromatic rings. The molecule has 0 spiro atoms. The van der Waals surface area contributed by atoms with Crippen LogP contribution < -0.4 is 5.32 Å². The highest BCUT2D eigenvalue weighted by Gasteiger charge is 2.20. The molecule has 1 aliphatic rings. The van der Waals surface area contributed by atoms with E-state index in [1.54, 1.807) is 11.3 Å². The lowest BCUT2D eigenvalue weighted by Gasteiger charge is -2.20. The van der Waals surface area contributed by atoms with Gasteiger partial charge in [-0.2, -0.15) is 0 Å². The molecule has 1 saturated carbocycles. The predicted octanol–water partition coefficient (Wildman–Crippen LogP) is 4.87. The fraction of sp³-hybridized carbons (Fsp3) is 0.625. The van der Waals surface area contributed by atoms with Crippen LogP contribution in [0.15, 0.2) is 6.07 Å². The molecule has 1 aliphatic carbocycles. The summed E-state index contributed by atoms with van der Waals surface area (Å²) in [5, 5.41) is 4.68. The second-order valence-corrected chi connectivity index (χ2v) is 7.00. The molecule has 0 bridgehead atoms. The Morgan fingerprint density at radius 1 is 1.25 bits per heavy atom. The maximum Gasteiger partial charge on any atom is 0.138 e. The average Bonchev–Trinajstić information content (AvgIpc) is 2.86. The molecule has 3 rings (SSSR count). The first kappa shape index (κ1) is 13.8. The van der Waals surface area contributed by atoms with Gasteiger partial charge in [0.25, 0.3) is 0 Å². The number of nitrogens with zero attached hydrogens (tertiary/aromatic N) is 2. The third kappa shape index (κ3) is 2.80. The molecule has 0 amide bonds. The van der Waals surface area contributed by atoms with Crippen molar-refractivity contribution in [1.82, 2.24) is 9.97 Å². The first-order valence-corrected chi connectivity index (χ1v) is 8.61. The summed E-state index contributed by atoms with van der Waals surface area (Å²) >= 11 is 1.79. The van der Waals surface area contributed by atoms with E-state index in [9.17, 15) is 0 Å². The summed E-state index contributed by atoms with van der Waals surface area (Å²) < 4.78 is 0. The third-order valence-electron chi connectivity index (χ3n) is 4.05. The van der Waals surface area contributed by atoms with Crippen molar-refractivity contribution in [3.8, 4) is 0 Å². The van der Waals surface area contributed by atoms with E-state index in [0.29, 0.717) is 5.92 Å². The molecule has 3 nitrogen and oxygen atoms in total. The van der Waals surface area contributed by atoms with Crippen LogP contribution in [0.1, 0.15) is 62.1 Å². The molecule has 0 atom stereocenters. The van der Waals surface area contributed by atoms with E-state index in [4.69, 9.17) is 9.97 Å². The number of thiophene rings is 1. The van der Waals surface area contributed by atoms with Gasteiger partial charge in [-0.15, -0.1) is 11.3 Å². The van der Waals surface area contributed by atoms with Crippen LogP contribution in [0.25, 0.3) is 10.2 Å². The lowest BCUT2D eigenvalue weighted by atomic mass is 9.89. The smallest absolute Gasteiger partial charge is 0.138 e. The highest BCUT2D eigenvalue weighted by molar-refractivity contribution is 7.18. The largest absolute Gasteiger partial charge is 0.369 e. The Labute approximate surface area is 124 Å². The SMILES string of the molecule is CCCNc1nc(C2CCCCC2)nc2sc(C)cc12. The molecule has 4 heteroatoms. The zero-order valence-electron chi connectivity index (χ0n) is 12.4. The molecule has 20 heavy (non-hydrogen) atoms. The van der Waals surface area contributed by atoms with E-state index < -0.39 is 0 Å². The Bertz CT molecular complexity index is 585. The van der Waals surface area contributed by atoms with Gasteiger partial charge >= 0.3 is 0 Å². The monoisotopic (exact) mass is 289 g/mol. The van der Waals surface area contributed by atoms with Gasteiger partial charge < -0.3 is 5.32 Å². The number of fused-ring (bicyclic) bond motifs is 1. The van der Waals surface area contributed by atoms with E-state index in [1.165, 1.54) is 42.4 Å². The second-order valence-electron chi connectivity index (χ2n) is 5.77. The number of hydrogen-bond donors (Lipinski definition) is 1. The summed E-state index contributed by atoms with van der Waals surface area (Å²) in [6.07, 6.45) is 7.65. The minimum atomic E-state index is 0.567. The molecule has 2 heterocycles. The molecular formula is C16H23N3S. The Kier molecular flexibility index (Phi) is 4.20. The first-order valence-electron chi connectivity index (χ1n) is 7.80. The quantitative estimate of drug-likeness (QED) is 0.872. The van der Waals surface area contributed by atoms with Crippen molar-refractivity contribution in [3.05, 3.63) is 16.8 Å². The van der Waals surface area contributed by atoms with Gasteiger partial charge in [-0.25, -0.2) is 9.97 Å². The van der Waals surface area contributed by atoms with Crippen LogP contribution >= 0.6 is 11.3 Å². The standard InChI is InChI=1S/C16H23N3S/c1-3-9-17-15-13-10-11(2)20-16(13)19-14(18-15)12-7-5-4-6-8-12/h10,12H,3-9H2,1-2H3,(H,17,18,19). The second kappa shape index (κ2) is 6.08. The van der Waals surface area contributed by atoms with Gasteiger partial charge in [-0.1, -0.05) is 26.2 Å². The molecule has 1 fully saturated rings. The Hall–Kier alpha value is -1.16. The van der Waals surface area contributed by atoms with E-state index >= 15 is 0 Å². The maximum absolute atomic E-state index is 4.86. The minimum Gasteiger partial charge on any atom is -0.369 e. The lowest BCUT2D eigenvalue weighted by Crippen LogP contribution is -2.11. The molecule has 1 N–H and O–H groups in total. The van der Waals surface area contributed by atoms with Gasteiger partial charge in [-0.05, 0) is 32.3 Å². The van der Waals surface area contributed by atoms with Crippen molar-refractivity contribution < 1.29 is 0 Å². The predicted molar refractivity (Wildman–Crippen MR) is 86.8 cm³/mol. The molecule has 0 saturated heterocycles. The van der Waals surface area contributed by atoms with E-state index in [0.717, 1.165) is 29.4 Å². The number of anilines is 1. The highest BCUT2D eigenvalue weighted by Crippen LogP contribution is 2.35. The van der Waals surface area contributed by atoms with Crippen LogP contribution in [0.3, 0.4) is 0 Å². The topological polar surface area (TPSA) is 37.8 Å². The molecule has 0 radical (unpaired) electrons. The fourth-order valence-corrected chi connectivity index (χ4v) is 3.87. The van der Waals surface area contributed by atoms with Gasteiger partial charge in [0.15, 0.2) is 0 Å². The summed E-state index contributed by atoms with van der Waals surface area (Å²) in [6.45, 7) is 5.31.